The van der Waals surface area contributed by atoms with E-state index in [1.807, 2.05) is 18.2 Å². The van der Waals surface area contributed by atoms with Crippen molar-refractivity contribution in [3.63, 3.8) is 0 Å². The van der Waals surface area contributed by atoms with Gasteiger partial charge in [0.15, 0.2) is 0 Å². The molecule has 1 aromatic carbocycles. The third-order valence-electron chi connectivity index (χ3n) is 2.61. The van der Waals surface area contributed by atoms with Gasteiger partial charge in [0.1, 0.15) is 5.75 Å². The second-order valence-corrected chi connectivity index (χ2v) is 6.14. The van der Waals surface area contributed by atoms with Crippen LogP contribution in [0.2, 0.25) is 0 Å². The Morgan fingerprint density at radius 2 is 1.50 bits per heavy atom. The van der Waals surface area contributed by atoms with Gasteiger partial charge in [-0.05, 0) is 28.9 Å². The molecule has 0 saturated heterocycles. The molecular formula is C14H24BaO. The van der Waals surface area contributed by atoms with Crippen LogP contribution in [0.4, 0.5) is 0 Å². The van der Waals surface area contributed by atoms with Crippen LogP contribution < -0.4 is 0 Å². The molecule has 1 N–H and O–H groups in total. The van der Waals surface area contributed by atoms with Gasteiger partial charge in [0.25, 0.3) is 0 Å². The van der Waals surface area contributed by atoms with Gasteiger partial charge in [-0.25, -0.2) is 0 Å². The molecule has 0 aromatic heterocycles. The molecule has 1 aromatic rings. The number of hydrogen-bond acceptors (Lipinski definition) is 1. The first-order valence-electron chi connectivity index (χ1n) is 5.51. The summed E-state index contributed by atoms with van der Waals surface area (Å²) < 4.78 is 0. The molecule has 0 atom stereocenters. The van der Waals surface area contributed by atoms with Crippen molar-refractivity contribution in [1.29, 1.82) is 0 Å². The third-order valence-corrected chi connectivity index (χ3v) is 2.61. The summed E-state index contributed by atoms with van der Waals surface area (Å²) in [7, 11) is 0. The van der Waals surface area contributed by atoms with E-state index in [1.165, 1.54) is 0 Å². The maximum absolute atomic E-state index is 9.84. The molecule has 16 heavy (non-hydrogen) atoms. The van der Waals surface area contributed by atoms with Crippen LogP contribution in [0.25, 0.3) is 0 Å². The number of benzene rings is 1. The topological polar surface area (TPSA) is 20.2 Å². The molecule has 1 rings (SSSR count). The number of aromatic hydroxyl groups is 1. The van der Waals surface area contributed by atoms with Crippen molar-refractivity contribution in [3.8, 4) is 5.75 Å². The summed E-state index contributed by atoms with van der Waals surface area (Å²) in [5.41, 5.74) is 1.33. The summed E-state index contributed by atoms with van der Waals surface area (Å²) in [6.07, 6.45) is 1.05. The quantitative estimate of drug-likeness (QED) is 0.816. The number of para-hydroxylation sites is 1. The first kappa shape index (κ1) is 16.6. The van der Waals surface area contributed by atoms with E-state index in [0.29, 0.717) is 5.75 Å². The van der Waals surface area contributed by atoms with Gasteiger partial charge in [-0.15, -0.1) is 0 Å². The van der Waals surface area contributed by atoms with Gasteiger partial charge < -0.3 is 5.11 Å². The molecule has 2 heteroatoms. The zero-order valence-electron chi connectivity index (χ0n) is 10.5. The molecule has 1 nitrogen and oxygen atoms in total. The van der Waals surface area contributed by atoms with E-state index < -0.39 is 0 Å². The van der Waals surface area contributed by atoms with Gasteiger partial charge in [0.2, 0.25) is 0 Å². The van der Waals surface area contributed by atoms with E-state index in [9.17, 15) is 5.11 Å². The van der Waals surface area contributed by atoms with Crippen LogP contribution in [0.15, 0.2) is 24.3 Å². The van der Waals surface area contributed by atoms with Crippen molar-refractivity contribution in [2.45, 2.75) is 46.5 Å². The normalized spacial score (nSPS) is 12.1. The predicted molar refractivity (Wildman–Crippen MR) is 73.7 cm³/mol. The molecule has 0 heterocycles. The van der Waals surface area contributed by atoms with Gasteiger partial charge in [0.05, 0.1) is 0 Å². The second kappa shape index (κ2) is 5.96. The fourth-order valence-corrected chi connectivity index (χ4v) is 2.47. The average Bonchev–Trinajstić information content (AvgIpc) is 1.99. The molecule has 0 saturated carbocycles. The zero-order chi connectivity index (χ0) is 11.7. The molecule has 0 radical (unpaired) electrons. The summed E-state index contributed by atoms with van der Waals surface area (Å²) in [6.45, 7) is 11.1. The molecular weight excluding hydrogens is 321 g/mol. The van der Waals surface area contributed by atoms with E-state index in [2.05, 4.69) is 34.6 Å². The van der Waals surface area contributed by atoms with Gasteiger partial charge >= 0.3 is 48.9 Å². The summed E-state index contributed by atoms with van der Waals surface area (Å²) in [5, 5.41) is 9.84. The van der Waals surface area contributed by atoms with Gasteiger partial charge in [-0.2, -0.15) is 0 Å². The van der Waals surface area contributed by atoms with Crippen LogP contribution in [-0.2, 0) is 5.41 Å². The SMILES string of the molecule is CC(C)(C)CC(C)(C)c1ccccc1O.[BaH2]. The van der Waals surface area contributed by atoms with Crippen molar-refractivity contribution >= 4 is 48.9 Å². The Labute approximate surface area is 140 Å². The second-order valence-electron chi connectivity index (χ2n) is 6.14. The van der Waals surface area contributed by atoms with Crippen LogP contribution in [-0.4, -0.2) is 54.0 Å². The fourth-order valence-electron chi connectivity index (χ4n) is 2.47. The van der Waals surface area contributed by atoms with Crippen molar-refractivity contribution in [3.05, 3.63) is 29.8 Å². The minimum absolute atomic E-state index is 0. The van der Waals surface area contributed by atoms with Crippen LogP contribution in [0.1, 0.15) is 46.6 Å². The monoisotopic (exact) mass is 346 g/mol. The van der Waals surface area contributed by atoms with Gasteiger partial charge in [-0.1, -0.05) is 52.8 Å². The Bertz CT molecular complexity index is 337. The van der Waals surface area contributed by atoms with Crippen molar-refractivity contribution in [1.82, 2.24) is 0 Å². The summed E-state index contributed by atoms with van der Waals surface area (Å²) >= 11 is 0. The Morgan fingerprint density at radius 3 is 1.94 bits per heavy atom. The Balaban J connectivity index is 0.00000225. The molecule has 0 spiro atoms. The summed E-state index contributed by atoms with van der Waals surface area (Å²) in [6, 6.07) is 7.63. The van der Waals surface area contributed by atoms with Gasteiger partial charge in [0, 0.05) is 0 Å². The van der Waals surface area contributed by atoms with Crippen molar-refractivity contribution in [2.75, 3.05) is 0 Å². The maximum atomic E-state index is 9.84. The number of phenolic OH excluding ortho intramolecular Hbond substituents is 1. The Morgan fingerprint density at radius 1 is 1.00 bits per heavy atom. The molecule has 0 fully saturated rings. The number of phenols is 1. The molecule has 0 amide bonds. The van der Waals surface area contributed by atoms with E-state index >= 15 is 0 Å². The molecule has 0 unspecified atom stereocenters. The number of hydrogen-bond donors (Lipinski definition) is 1. The Kier molecular flexibility index (Phi) is 6.18. The molecule has 0 aliphatic heterocycles. The van der Waals surface area contributed by atoms with Crippen LogP contribution >= 0.6 is 0 Å². The standard InChI is InChI=1S/C14H22O.Ba.2H/c1-13(2,3)10-14(4,5)11-8-6-7-9-12(11)15;;;/h6-9,15H,10H2,1-5H3;;;. The average molecular weight is 346 g/mol. The first-order valence-corrected chi connectivity index (χ1v) is 5.51. The zero-order valence-corrected chi connectivity index (χ0v) is 10.5. The summed E-state index contributed by atoms with van der Waals surface area (Å²) in [5.74, 6) is 0.409. The molecule has 0 aliphatic rings. The fraction of sp³-hybridized carbons (Fsp3) is 0.571. The third kappa shape index (κ3) is 4.84. The number of rotatable bonds is 2. The van der Waals surface area contributed by atoms with Crippen molar-refractivity contribution < 1.29 is 5.11 Å². The van der Waals surface area contributed by atoms with Crippen LogP contribution in [0.5, 0.6) is 5.75 Å². The first-order chi connectivity index (χ1) is 6.72. The predicted octanol–water partition coefficient (Wildman–Crippen LogP) is 3.19. The van der Waals surface area contributed by atoms with Crippen LogP contribution in [0, 0.1) is 5.41 Å². The minimum atomic E-state index is 0. The molecule has 0 bridgehead atoms. The van der Waals surface area contributed by atoms with E-state index in [4.69, 9.17) is 0 Å². The van der Waals surface area contributed by atoms with Crippen LogP contribution in [0.3, 0.4) is 0 Å². The van der Waals surface area contributed by atoms with E-state index in [-0.39, 0.29) is 59.7 Å². The van der Waals surface area contributed by atoms with E-state index in [1.54, 1.807) is 6.07 Å². The Hall–Kier alpha value is 0.591. The molecule has 0 aliphatic carbocycles. The summed E-state index contributed by atoms with van der Waals surface area (Å²) in [4.78, 5) is 0. The van der Waals surface area contributed by atoms with E-state index in [0.717, 1.165) is 12.0 Å². The van der Waals surface area contributed by atoms with Crippen molar-refractivity contribution in [2.24, 2.45) is 5.41 Å². The molecule has 88 valence electrons. The van der Waals surface area contributed by atoms with Gasteiger partial charge in [-0.3, -0.25) is 0 Å².